The zero-order valence-electron chi connectivity index (χ0n) is 11.5. The SMILES string of the molecule is CCN(c1ccc(OC)c(F)c1)[S+]([O-])C(C)(C)C. The summed E-state index contributed by atoms with van der Waals surface area (Å²) in [4.78, 5) is 0. The van der Waals surface area contributed by atoms with Crippen LogP contribution < -0.4 is 9.04 Å². The van der Waals surface area contributed by atoms with Crippen molar-refractivity contribution in [3.8, 4) is 5.75 Å². The van der Waals surface area contributed by atoms with Gasteiger partial charge in [-0.2, -0.15) is 4.31 Å². The van der Waals surface area contributed by atoms with Crippen LogP contribution in [0.1, 0.15) is 27.7 Å². The number of methoxy groups -OCH3 is 1. The number of rotatable bonds is 4. The second kappa shape index (κ2) is 5.80. The van der Waals surface area contributed by atoms with Crippen LogP contribution in [0.25, 0.3) is 0 Å². The predicted octanol–water partition coefficient (Wildman–Crippen LogP) is 3.12. The minimum Gasteiger partial charge on any atom is -0.593 e. The predicted molar refractivity (Wildman–Crippen MR) is 73.9 cm³/mol. The summed E-state index contributed by atoms with van der Waals surface area (Å²) >= 11 is -1.22. The van der Waals surface area contributed by atoms with E-state index in [-0.39, 0.29) is 10.5 Å². The summed E-state index contributed by atoms with van der Waals surface area (Å²) in [5.74, 6) is -0.254. The molecule has 0 radical (unpaired) electrons. The van der Waals surface area contributed by atoms with Gasteiger partial charge in [0.1, 0.15) is 4.75 Å². The van der Waals surface area contributed by atoms with Crippen molar-refractivity contribution >= 4 is 17.0 Å². The van der Waals surface area contributed by atoms with Crippen LogP contribution in [0.2, 0.25) is 0 Å². The first-order valence-corrected chi connectivity index (χ1v) is 6.95. The van der Waals surface area contributed by atoms with Crippen molar-refractivity contribution in [1.29, 1.82) is 0 Å². The molecule has 0 bridgehead atoms. The summed E-state index contributed by atoms with van der Waals surface area (Å²) in [6.07, 6.45) is 0. The number of ether oxygens (including phenoxy) is 1. The van der Waals surface area contributed by atoms with Crippen molar-refractivity contribution in [2.45, 2.75) is 32.4 Å². The second-order valence-electron chi connectivity index (χ2n) is 4.88. The monoisotopic (exact) mass is 273 g/mol. The molecule has 1 unspecified atom stereocenters. The molecule has 1 aromatic carbocycles. The first kappa shape index (κ1) is 15.1. The maximum absolute atomic E-state index is 13.7. The van der Waals surface area contributed by atoms with E-state index < -0.39 is 17.2 Å². The smallest absolute Gasteiger partial charge is 0.167 e. The topological polar surface area (TPSA) is 35.5 Å². The number of anilines is 1. The lowest BCUT2D eigenvalue weighted by atomic mass is 10.3. The molecular formula is C13H20FNO2S. The van der Waals surface area contributed by atoms with Gasteiger partial charge in [-0.05, 0) is 39.8 Å². The van der Waals surface area contributed by atoms with E-state index in [0.29, 0.717) is 12.2 Å². The van der Waals surface area contributed by atoms with Crippen molar-refractivity contribution < 1.29 is 13.7 Å². The summed E-state index contributed by atoms with van der Waals surface area (Å²) in [5.41, 5.74) is 0.601. The molecule has 0 N–H and O–H groups in total. The normalized spacial score (nSPS) is 13.3. The van der Waals surface area contributed by atoms with Crippen LogP contribution in [0.4, 0.5) is 10.1 Å². The number of benzene rings is 1. The van der Waals surface area contributed by atoms with Gasteiger partial charge >= 0.3 is 0 Å². The molecule has 1 rings (SSSR count). The maximum Gasteiger partial charge on any atom is 0.167 e. The summed E-state index contributed by atoms with van der Waals surface area (Å²) < 4.78 is 32.2. The molecule has 0 spiro atoms. The van der Waals surface area contributed by atoms with Gasteiger partial charge in [0.25, 0.3) is 0 Å². The fourth-order valence-electron chi connectivity index (χ4n) is 1.54. The molecule has 0 aliphatic carbocycles. The van der Waals surface area contributed by atoms with Gasteiger partial charge in [0.2, 0.25) is 0 Å². The third-order valence-corrected chi connectivity index (χ3v) is 4.35. The molecule has 3 nitrogen and oxygen atoms in total. The molecule has 5 heteroatoms. The van der Waals surface area contributed by atoms with Crippen LogP contribution >= 0.6 is 0 Å². The van der Waals surface area contributed by atoms with Gasteiger partial charge in [-0.15, -0.1) is 0 Å². The minimum absolute atomic E-state index is 0.191. The molecule has 0 aliphatic rings. The lowest BCUT2D eigenvalue weighted by Crippen LogP contribution is -2.43. The Morgan fingerprint density at radius 1 is 1.39 bits per heavy atom. The van der Waals surface area contributed by atoms with E-state index in [1.54, 1.807) is 16.4 Å². The Kier molecular flexibility index (Phi) is 4.87. The van der Waals surface area contributed by atoms with Gasteiger partial charge in [0, 0.05) is 6.07 Å². The van der Waals surface area contributed by atoms with Gasteiger partial charge in [0.05, 0.1) is 30.7 Å². The zero-order valence-corrected chi connectivity index (χ0v) is 12.3. The Morgan fingerprint density at radius 3 is 2.39 bits per heavy atom. The Labute approximate surface area is 111 Å². The second-order valence-corrected chi connectivity index (χ2v) is 7.04. The van der Waals surface area contributed by atoms with E-state index in [1.165, 1.54) is 13.2 Å². The first-order valence-electron chi connectivity index (χ1n) is 5.84. The van der Waals surface area contributed by atoms with Crippen LogP contribution in [0, 0.1) is 5.82 Å². The van der Waals surface area contributed by atoms with Crippen LogP contribution in [-0.2, 0) is 11.4 Å². The highest BCUT2D eigenvalue weighted by Crippen LogP contribution is 2.29. The standard InChI is InChI=1S/C13H20FNO2S/c1-6-15(18(16)13(2,3)4)10-7-8-12(17-5)11(14)9-10/h7-9H,6H2,1-5H3. The van der Waals surface area contributed by atoms with Crippen molar-refractivity contribution in [3.63, 3.8) is 0 Å². The maximum atomic E-state index is 13.7. The third-order valence-electron chi connectivity index (χ3n) is 2.43. The zero-order chi connectivity index (χ0) is 13.9. The molecule has 0 aliphatic heterocycles. The molecule has 18 heavy (non-hydrogen) atoms. The van der Waals surface area contributed by atoms with Crippen LogP contribution in [0.5, 0.6) is 5.75 Å². The van der Waals surface area contributed by atoms with E-state index in [1.807, 2.05) is 27.7 Å². The number of halogens is 1. The average molecular weight is 273 g/mol. The third kappa shape index (κ3) is 3.29. The number of hydrogen-bond acceptors (Lipinski definition) is 3. The van der Waals surface area contributed by atoms with Crippen LogP contribution in [0.15, 0.2) is 18.2 Å². The molecule has 0 fully saturated rings. The highest BCUT2D eigenvalue weighted by atomic mass is 32.2. The summed E-state index contributed by atoms with van der Waals surface area (Å²) in [6.45, 7) is 8.13. The molecule has 102 valence electrons. The highest BCUT2D eigenvalue weighted by molar-refractivity contribution is 7.94. The number of hydrogen-bond donors (Lipinski definition) is 0. The van der Waals surface area contributed by atoms with E-state index in [0.717, 1.165) is 0 Å². The van der Waals surface area contributed by atoms with Crippen molar-refractivity contribution in [1.82, 2.24) is 0 Å². The molecular weight excluding hydrogens is 253 g/mol. The minimum atomic E-state index is -1.22. The van der Waals surface area contributed by atoms with E-state index >= 15 is 0 Å². The fourth-order valence-corrected chi connectivity index (χ4v) is 2.74. The van der Waals surface area contributed by atoms with Gasteiger partial charge in [-0.25, -0.2) is 4.39 Å². The average Bonchev–Trinajstić information content (AvgIpc) is 2.29. The van der Waals surface area contributed by atoms with Crippen LogP contribution in [-0.4, -0.2) is 23.0 Å². The van der Waals surface area contributed by atoms with Gasteiger partial charge in [0.15, 0.2) is 11.6 Å². The van der Waals surface area contributed by atoms with Crippen molar-refractivity contribution in [2.75, 3.05) is 18.0 Å². The molecule has 0 aromatic heterocycles. The van der Waals surface area contributed by atoms with Gasteiger partial charge in [-0.3, -0.25) is 0 Å². The largest absolute Gasteiger partial charge is 0.593 e. The highest BCUT2D eigenvalue weighted by Gasteiger charge is 2.33. The van der Waals surface area contributed by atoms with Crippen molar-refractivity contribution in [3.05, 3.63) is 24.0 Å². The Hall–Kier alpha value is -0.940. The van der Waals surface area contributed by atoms with Gasteiger partial charge in [-0.1, -0.05) is 0 Å². The summed E-state index contributed by atoms with van der Waals surface area (Å²) in [5, 5.41) is 0. The number of nitrogens with zero attached hydrogens (tertiary/aromatic N) is 1. The lowest BCUT2D eigenvalue weighted by Gasteiger charge is -2.33. The molecule has 0 amide bonds. The van der Waals surface area contributed by atoms with E-state index in [9.17, 15) is 8.94 Å². The fraction of sp³-hybridized carbons (Fsp3) is 0.538. The Morgan fingerprint density at radius 2 is 2.00 bits per heavy atom. The molecule has 0 saturated heterocycles. The van der Waals surface area contributed by atoms with E-state index in [2.05, 4.69) is 0 Å². The quantitative estimate of drug-likeness (QED) is 0.791. The van der Waals surface area contributed by atoms with Crippen LogP contribution in [0.3, 0.4) is 0 Å². The lowest BCUT2D eigenvalue weighted by molar-refractivity contribution is 0.386. The van der Waals surface area contributed by atoms with Gasteiger partial charge < -0.3 is 9.29 Å². The van der Waals surface area contributed by atoms with E-state index in [4.69, 9.17) is 4.74 Å². The Balaban J connectivity index is 3.06. The molecule has 0 heterocycles. The first-order chi connectivity index (χ1) is 8.31. The molecule has 1 aromatic rings. The molecule has 1 atom stereocenters. The Bertz CT molecular complexity index is 406. The molecule has 0 saturated carbocycles. The van der Waals surface area contributed by atoms with Crippen molar-refractivity contribution in [2.24, 2.45) is 0 Å². The summed E-state index contributed by atoms with van der Waals surface area (Å²) in [6, 6.07) is 4.62. The summed E-state index contributed by atoms with van der Waals surface area (Å²) in [7, 11) is 1.42.